The van der Waals surface area contributed by atoms with Gasteiger partial charge in [-0.15, -0.1) is 0 Å². The zero-order valence-electron chi connectivity index (χ0n) is 16.9. The normalized spacial score (nSPS) is 22.0. The van der Waals surface area contributed by atoms with Gasteiger partial charge in [0.25, 0.3) is 0 Å². The van der Waals surface area contributed by atoms with Crippen molar-refractivity contribution in [1.82, 2.24) is 14.5 Å². The fourth-order valence-electron chi connectivity index (χ4n) is 5.20. The molecule has 1 unspecified atom stereocenters. The van der Waals surface area contributed by atoms with E-state index in [4.69, 9.17) is 19.4 Å². The molecule has 4 heterocycles. The molecule has 2 atom stereocenters. The Hall–Kier alpha value is -3.15. The van der Waals surface area contributed by atoms with Crippen molar-refractivity contribution in [3.63, 3.8) is 0 Å². The molecule has 3 aliphatic rings. The number of ketones is 1. The Morgan fingerprint density at radius 3 is 2.87 bits per heavy atom. The van der Waals surface area contributed by atoms with Crippen molar-refractivity contribution >= 4 is 5.78 Å². The standard InChI is InChI=1S/C24H23N3O3/c1-14-3-2-4-19(25-14)22-23(16-5-8-20-21(12-16)30-13-29-20)27-10-9-15-11-17(28)6-7-18(15)24(27)26-22/h2-5,8,12,15,18H,6-7,9-11,13H2,1H3/t15-,18?/m0/s1. The van der Waals surface area contributed by atoms with Crippen molar-refractivity contribution in [1.29, 1.82) is 0 Å². The first kappa shape index (κ1) is 17.7. The number of carbonyl (C=O) groups is 1. The van der Waals surface area contributed by atoms with Crippen molar-refractivity contribution < 1.29 is 14.3 Å². The molecule has 2 aliphatic heterocycles. The van der Waals surface area contributed by atoms with Crippen LogP contribution in [0.3, 0.4) is 0 Å². The summed E-state index contributed by atoms with van der Waals surface area (Å²) < 4.78 is 13.5. The van der Waals surface area contributed by atoms with Crippen LogP contribution >= 0.6 is 0 Å². The number of nitrogens with zero attached hydrogens (tertiary/aromatic N) is 3. The Balaban J connectivity index is 1.55. The van der Waals surface area contributed by atoms with E-state index < -0.39 is 0 Å². The number of imidazole rings is 1. The number of Topliss-reactive ketones (excluding diaryl/α,β-unsaturated/α-hetero) is 1. The zero-order valence-corrected chi connectivity index (χ0v) is 16.9. The monoisotopic (exact) mass is 401 g/mol. The molecule has 0 N–H and O–H groups in total. The highest BCUT2D eigenvalue weighted by atomic mass is 16.7. The minimum absolute atomic E-state index is 0.257. The number of hydrogen-bond donors (Lipinski definition) is 0. The predicted octanol–water partition coefficient (Wildman–Crippen LogP) is 4.51. The third-order valence-corrected chi connectivity index (χ3v) is 6.62. The van der Waals surface area contributed by atoms with Crippen LogP contribution in [0.2, 0.25) is 0 Å². The topological polar surface area (TPSA) is 66.2 Å². The number of benzene rings is 1. The van der Waals surface area contributed by atoms with Crippen molar-refractivity contribution in [3.8, 4) is 34.1 Å². The lowest BCUT2D eigenvalue weighted by Crippen LogP contribution is -2.31. The van der Waals surface area contributed by atoms with E-state index in [1.807, 2.05) is 37.3 Å². The average Bonchev–Trinajstić information content (AvgIpc) is 3.37. The van der Waals surface area contributed by atoms with Gasteiger partial charge in [-0.2, -0.15) is 0 Å². The molecule has 1 aromatic carbocycles. The van der Waals surface area contributed by atoms with E-state index in [1.54, 1.807) is 0 Å². The Labute approximate surface area is 174 Å². The fraction of sp³-hybridized carbons (Fsp3) is 0.375. The van der Waals surface area contributed by atoms with Gasteiger partial charge in [0.05, 0.1) is 11.4 Å². The smallest absolute Gasteiger partial charge is 0.231 e. The molecule has 0 radical (unpaired) electrons. The van der Waals surface area contributed by atoms with Crippen LogP contribution < -0.4 is 9.47 Å². The summed E-state index contributed by atoms with van der Waals surface area (Å²) in [7, 11) is 0. The van der Waals surface area contributed by atoms with E-state index in [0.29, 0.717) is 30.5 Å². The van der Waals surface area contributed by atoms with Gasteiger partial charge in [-0.05, 0) is 56.0 Å². The Bertz CT molecular complexity index is 1170. The highest BCUT2D eigenvalue weighted by Gasteiger charge is 2.38. The molecule has 1 aliphatic carbocycles. The number of fused-ring (bicyclic) bond motifs is 4. The molecule has 30 heavy (non-hydrogen) atoms. The highest BCUT2D eigenvalue weighted by Crippen LogP contribution is 2.46. The SMILES string of the molecule is Cc1cccc(-c2nc3n(c2-c2ccc4c(c2)OCO4)CC[C@H]2CC(=O)CCC32)n1. The van der Waals surface area contributed by atoms with E-state index in [0.717, 1.165) is 65.0 Å². The molecule has 1 saturated carbocycles. The number of rotatable bonds is 2. The molecule has 3 aromatic rings. The van der Waals surface area contributed by atoms with Gasteiger partial charge >= 0.3 is 0 Å². The first-order chi connectivity index (χ1) is 14.7. The average molecular weight is 401 g/mol. The fourth-order valence-corrected chi connectivity index (χ4v) is 5.20. The molecule has 6 rings (SSSR count). The molecular formula is C24H23N3O3. The maximum Gasteiger partial charge on any atom is 0.231 e. The van der Waals surface area contributed by atoms with Gasteiger partial charge in [0.1, 0.15) is 17.3 Å². The molecule has 0 spiro atoms. The zero-order chi connectivity index (χ0) is 20.2. The third-order valence-electron chi connectivity index (χ3n) is 6.62. The summed E-state index contributed by atoms with van der Waals surface area (Å²) in [6.45, 7) is 3.13. The number of pyridine rings is 1. The first-order valence-corrected chi connectivity index (χ1v) is 10.6. The van der Waals surface area contributed by atoms with E-state index in [9.17, 15) is 4.79 Å². The van der Waals surface area contributed by atoms with Gasteiger partial charge < -0.3 is 14.0 Å². The van der Waals surface area contributed by atoms with Crippen molar-refractivity contribution in [2.24, 2.45) is 5.92 Å². The summed E-state index contributed by atoms with van der Waals surface area (Å²) in [5, 5.41) is 0. The summed E-state index contributed by atoms with van der Waals surface area (Å²) in [5.74, 6) is 3.78. The molecular weight excluding hydrogens is 378 g/mol. The van der Waals surface area contributed by atoms with Crippen LogP contribution in [0.1, 0.15) is 43.1 Å². The van der Waals surface area contributed by atoms with Crippen LogP contribution in [0.4, 0.5) is 0 Å². The first-order valence-electron chi connectivity index (χ1n) is 10.6. The second-order valence-corrected chi connectivity index (χ2v) is 8.49. The molecule has 2 aromatic heterocycles. The van der Waals surface area contributed by atoms with Crippen LogP contribution in [0.25, 0.3) is 22.6 Å². The Kier molecular flexibility index (Phi) is 3.94. The molecule has 6 heteroatoms. The molecule has 1 fully saturated rings. The largest absolute Gasteiger partial charge is 0.454 e. The van der Waals surface area contributed by atoms with Crippen LogP contribution in [0.15, 0.2) is 36.4 Å². The van der Waals surface area contributed by atoms with Crippen molar-refractivity contribution in [2.45, 2.75) is 45.1 Å². The maximum absolute atomic E-state index is 12.0. The summed E-state index contributed by atoms with van der Waals surface area (Å²) in [6.07, 6.45) is 3.25. The lowest BCUT2D eigenvalue weighted by atomic mass is 9.75. The van der Waals surface area contributed by atoms with Crippen molar-refractivity contribution in [2.75, 3.05) is 6.79 Å². The lowest BCUT2D eigenvalue weighted by Gasteiger charge is -2.35. The van der Waals surface area contributed by atoms with E-state index in [1.165, 1.54) is 0 Å². The third kappa shape index (κ3) is 2.74. The van der Waals surface area contributed by atoms with Gasteiger partial charge in [0, 0.05) is 36.6 Å². The van der Waals surface area contributed by atoms with E-state index >= 15 is 0 Å². The Morgan fingerprint density at radius 1 is 1.07 bits per heavy atom. The van der Waals surface area contributed by atoms with Crippen molar-refractivity contribution in [3.05, 3.63) is 47.9 Å². The van der Waals surface area contributed by atoms with Crippen LogP contribution in [0.5, 0.6) is 11.5 Å². The second-order valence-electron chi connectivity index (χ2n) is 8.49. The number of aromatic nitrogens is 3. The minimum atomic E-state index is 0.257. The highest BCUT2D eigenvalue weighted by molar-refractivity contribution is 5.81. The lowest BCUT2D eigenvalue weighted by molar-refractivity contribution is -0.122. The summed E-state index contributed by atoms with van der Waals surface area (Å²) >= 11 is 0. The number of aryl methyl sites for hydroxylation is 1. The molecule has 6 nitrogen and oxygen atoms in total. The van der Waals surface area contributed by atoms with Gasteiger partial charge in [-0.3, -0.25) is 9.78 Å². The summed E-state index contributed by atoms with van der Waals surface area (Å²) in [5.41, 5.74) is 4.90. The van der Waals surface area contributed by atoms with Gasteiger partial charge in [-0.1, -0.05) is 6.07 Å². The van der Waals surface area contributed by atoms with E-state index in [2.05, 4.69) is 10.6 Å². The van der Waals surface area contributed by atoms with Gasteiger partial charge in [0.2, 0.25) is 6.79 Å². The van der Waals surface area contributed by atoms with Gasteiger partial charge in [-0.25, -0.2) is 4.98 Å². The molecule has 0 saturated heterocycles. The number of ether oxygens (including phenoxy) is 2. The predicted molar refractivity (Wildman–Crippen MR) is 111 cm³/mol. The van der Waals surface area contributed by atoms with Crippen LogP contribution in [0, 0.1) is 12.8 Å². The summed E-state index contributed by atoms with van der Waals surface area (Å²) in [4.78, 5) is 22.0. The summed E-state index contributed by atoms with van der Waals surface area (Å²) in [6, 6.07) is 12.1. The van der Waals surface area contributed by atoms with Gasteiger partial charge in [0.15, 0.2) is 11.5 Å². The van der Waals surface area contributed by atoms with E-state index in [-0.39, 0.29) is 6.79 Å². The number of carbonyl (C=O) groups excluding carboxylic acids is 1. The van der Waals surface area contributed by atoms with Crippen LogP contribution in [-0.2, 0) is 11.3 Å². The molecule has 0 amide bonds. The molecule has 0 bridgehead atoms. The Morgan fingerprint density at radius 2 is 1.97 bits per heavy atom. The second kappa shape index (κ2) is 6.69. The van der Waals surface area contributed by atoms with Crippen LogP contribution in [-0.4, -0.2) is 27.1 Å². The maximum atomic E-state index is 12.0. The number of hydrogen-bond acceptors (Lipinski definition) is 5. The molecule has 152 valence electrons. The quantitative estimate of drug-likeness (QED) is 0.632. The minimum Gasteiger partial charge on any atom is -0.454 e.